The molecule has 1 aromatic heterocycles. The molecule has 1 saturated heterocycles. The second kappa shape index (κ2) is 5.38. The van der Waals surface area contributed by atoms with E-state index in [1.54, 1.807) is 34.9 Å². The van der Waals surface area contributed by atoms with Gasteiger partial charge in [-0.25, -0.2) is 13.4 Å². The van der Waals surface area contributed by atoms with E-state index in [-0.39, 0.29) is 5.84 Å². The highest BCUT2D eigenvalue weighted by Crippen LogP contribution is 2.25. The van der Waals surface area contributed by atoms with E-state index in [1.165, 1.54) is 6.26 Å². The van der Waals surface area contributed by atoms with Crippen LogP contribution in [0.1, 0.15) is 5.69 Å². The summed E-state index contributed by atoms with van der Waals surface area (Å²) in [6.07, 6.45) is 1.24. The van der Waals surface area contributed by atoms with Gasteiger partial charge in [0, 0.05) is 24.3 Å². The predicted octanol–water partition coefficient (Wildman–Crippen LogP) is 0.290. The first-order chi connectivity index (χ1) is 8.89. The molecule has 1 atom stereocenters. The van der Waals surface area contributed by atoms with Crippen molar-refractivity contribution < 1.29 is 8.42 Å². The first kappa shape index (κ1) is 14.1. The van der Waals surface area contributed by atoms with Gasteiger partial charge in [0.1, 0.15) is 22.7 Å². The van der Waals surface area contributed by atoms with Crippen LogP contribution in [0.3, 0.4) is 0 Å². The molecule has 0 aromatic carbocycles. The van der Waals surface area contributed by atoms with Gasteiger partial charge >= 0.3 is 0 Å². The molecule has 104 valence electrons. The average Bonchev–Trinajstić information content (AvgIpc) is 2.38. The Balaban J connectivity index is 2.38. The van der Waals surface area contributed by atoms with Crippen molar-refractivity contribution in [3.05, 3.63) is 23.9 Å². The highest BCUT2D eigenvalue weighted by Gasteiger charge is 2.31. The molecule has 8 heteroatoms. The van der Waals surface area contributed by atoms with Crippen molar-refractivity contribution in [2.24, 2.45) is 5.73 Å². The minimum absolute atomic E-state index is 0.121. The number of nitrogens with zero attached hydrogens (tertiary/aromatic N) is 2. The van der Waals surface area contributed by atoms with Crippen molar-refractivity contribution in [1.82, 2.24) is 4.98 Å². The molecule has 6 nitrogen and oxygen atoms in total. The van der Waals surface area contributed by atoms with Crippen LogP contribution >= 0.6 is 11.8 Å². The smallest absolute Gasteiger partial charge is 0.169 e. The summed E-state index contributed by atoms with van der Waals surface area (Å²) in [4.78, 5) is 6.04. The Morgan fingerprint density at radius 2 is 2.32 bits per heavy atom. The van der Waals surface area contributed by atoms with E-state index in [0.29, 0.717) is 23.8 Å². The number of nitrogens with two attached hydrogens (primary N) is 1. The Labute approximate surface area is 116 Å². The van der Waals surface area contributed by atoms with Gasteiger partial charge in [-0.05, 0) is 12.1 Å². The van der Waals surface area contributed by atoms with Gasteiger partial charge in [-0.2, -0.15) is 11.8 Å². The van der Waals surface area contributed by atoms with E-state index < -0.39 is 15.2 Å². The third-order valence-corrected chi connectivity index (χ3v) is 5.53. The number of nitrogen functional groups attached to an aromatic ring is 1. The fourth-order valence-electron chi connectivity index (χ4n) is 1.93. The second-order valence-electron chi connectivity index (χ2n) is 4.35. The fraction of sp³-hybridized carbons (Fsp3) is 0.455. The van der Waals surface area contributed by atoms with Gasteiger partial charge in [0.15, 0.2) is 9.84 Å². The fourth-order valence-corrected chi connectivity index (χ4v) is 4.76. The molecule has 1 unspecified atom stereocenters. The molecule has 1 aromatic rings. The van der Waals surface area contributed by atoms with Gasteiger partial charge < -0.3 is 10.6 Å². The molecule has 0 radical (unpaired) electrons. The zero-order valence-corrected chi connectivity index (χ0v) is 12.2. The van der Waals surface area contributed by atoms with E-state index in [2.05, 4.69) is 4.98 Å². The largest absolute Gasteiger partial charge is 0.382 e. The number of amidine groups is 1. The quantitative estimate of drug-likeness (QED) is 0.615. The third-order valence-electron chi connectivity index (χ3n) is 2.88. The Morgan fingerprint density at radius 3 is 2.95 bits per heavy atom. The van der Waals surface area contributed by atoms with Gasteiger partial charge in [0.25, 0.3) is 0 Å². The molecule has 19 heavy (non-hydrogen) atoms. The number of pyridine rings is 1. The summed E-state index contributed by atoms with van der Waals surface area (Å²) in [5.41, 5.74) is 5.78. The molecule has 0 saturated carbocycles. The highest BCUT2D eigenvalue weighted by atomic mass is 32.2. The van der Waals surface area contributed by atoms with Crippen LogP contribution in [-0.2, 0) is 9.84 Å². The standard InChI is InChI=1S/C11H16N4O2S2/c1-19(16,17)10-7-18-6-5-15(10)9-4-2-3-8(14-9)11(12)13/h2-4,10H,5-7H2,1H3,(H3,12,13). The molecular formula is C11H16N4O2S2. The van der Waals surface area contributed by atoms with E-state index in [4.69, 9.17) is 11.1 Å². The van der Waals surface area contributed by atoms with Crippen molar-refractivity contribution in [2.75, 3.05) is 29.2 Å². The molecule has 1 fully saturated rings. The molecule has 0 aliphatic carbocycles. The lowest BCUT2D eigenvalue weighted by Gasteiger charge is -2.35. The maximum atomic E-state index is 11.8. The van der Waals surface area contributed by atoms with Crippen LogP contribution in [0, 0.1) is 5.41 Å². The van der Waals surface area contributed by atoms with Crippen molar-refractivity contribution in [3.8, 4) is 0 Å². The van der Waals surface area contributed by atoms with Crippen molar-refractivity contribution >= 4 is 33.3 Å². The molecule has 2 rings (SSSR count). The van der Waals surface area contributed by atoms with Crippen LogP contribution in [0.2, 0.25) is 0 Å². The summed E-state index contributed by atoms with van der Waals surface area (Å²) in [5.74, 6) is 1.83. The lowest BCUT2D eigenvalue weighted by molar-refractivity contribution is 0.583. The zero-order valence-electron chi connectivity index (χ0n) is 10.5. The first-order valence-corrected chi connectivity index (χ1v) is 8.85. The van der Waals surface area contributed by atoms with Crippen LogP contribution in [0.5, 0.6) is 0 Å². The number of thioether (sulfide) groups is 1. The van der Waals surface area contributed by atoms with Crippen molar-refractivity contribution in [3.63, 3.8) is 0 Å². The summed E-state index contributed by atoms with van der Waals surface area (Å²) in [5, 5.41) is 6.82. The number of aromatic nitrogens is 1. The SMILES string of the molecule is CS(=O)(=O)C1CSCCN1c1cccc(C(=N)N)n1. The zero-order chi connectivity index (χ0) is 14.0. The molecular weight excluding hydrogens is 284 g/mol. The molecule has 0 amide bonds. The molecule has 0 bridgehead atoms. The maximum Gasteiger partial charge on any atom is 0.169 e. The van der Waals surface area contributed by atoms with E-state index in [9.17, 15) is 8.42 Å². The minimum atomic E-state index is -3.18. The average molecular weight is 300 g/mol. The van der Waals surface area contributed by atoms with Gasteiger partial charge in [0.05, 0.1) is 0 Å². The molecule has 0 spiro atoms. The molecule has 1 aliphatic heterocycles. The normalized spacial score (nSPS) is 20.3. The molecule has 2 heterocycles. The van der Waals surface area contributed by atoms with Crippen LogP contribution < -0.4 is 10.6 Å². The Morgan fingerprint density at radius 1 is 1.58 bits per heavy atom. The summed E-state index contributed by atoms with van der Waals surface area (Å²) in [7, 11) is -3.18. The summed E-state index contributed by atoms with van der Waals surface area (Å²) < 4.78 is 23.7. The van der Waals surface area contributed by atoms with E-state index in [0.717, 1.165) is 5.75 Å². The summed E-state index contributed by atoms with van der Waals surface area (Å²) in [6, 6.07) is 5.13. The highest BCUT2D eigenvalue weighted by molar-refractivity contribution is 8.01. The van der Waals surface area contributed by atoms with E-state index >= 15 is 0 Å². The van der Waals surface area contributed by atoms with Crippen molar-refractivity contribution in [1.29, 1.82) is 5.41 Å². The van der Waals surface area contributed by atoms with Gasteiger partial charge in [-0.15, -0.1) is 0 Å². The Hall–Kier alpha value is -1.28. The Kier molecular flexibility index (Phi) is 4.00. The van der Waals surface area contributed by atoms with Crippen LogP contribution in [0.4, 0.5) is 5.82 Å². The first-order valence-electron chi connectivity index (χ1n) is 5.74. The molecule has 3 N–H and O–H groups in total. The monoisotopic (exact) mass is 300 g/mol. The number of rotatable bonds is 3. The minimum Gasteiger partial charge on any atom is -0.382 e. The van der Waals surface area contributed by atoms with E-state index in [1.807, 2.05) is 0 Å². The van der Waals surface area contributed by atoms with Crippen LogP contribution in [0.25, 0.3) is 0 Å². The predicted molar refractivity (Wildman–Crippen MR) is 78.6 cm³/mol. The van der Waals surface area contributed by atoms with Gasteiger partial charge in [-0.3, -0.25) is 5.41 Å². The summed E-state index contributed by atoms with van der Waals surface area (Å²) in [6.45, 7) is 0.622. The van der Waals surface area contributed by atoms with Gasteiger partial charge in [0.2, 0.25) is 0 Å². The lowest BCUT2D eigenvalue weighted by atomic mass is 10.3. The van der Waals surface area contributed by atoms with Crippen LogP contribution in [0.15, 0.2) is 18.2 Å². The Bertz CT molecular complexity index is 588. The molecule has 1 aliphatic rings. The number of sulfone groups is 1. The topological polar surface area (TPSA) is 100 Å². The maximum absolute atomic E-state index is 11.8. The second-order valence-corrected chi connectivity index (χ2v) is 7.70. The van der Waals surface area contributed by atoms with Gasteiger partial charge in [-0.1, -0.05) is 6.07 Å². The summed E-state index contributed by atoms with van der Waals surface area (Å²) >= 11 is 1.62. The lowest BCUT2D eigenvalue weighted by Crippen LogP contribution is -2.47. The van der Waals surface area contributed by atoms with Crippen LogP contribution in [-0.4, -0.2) is 48.9 Å². The number of hydrogen-bond donors (Lipinski definition) is 2. The number of hydrogen-bond acceptors (Lipinski definition) is 6. The number of anilines is 1. The third kappa shape index (κ3) is 3.19. The number of nitrogens with one attached hydrogen (secondary N) is 1. The van der Waals surface area contributed by atoms with Crippen molar-refractivity contribution in [2.45, 2.75) is 5.37 Å².